The van der Waals surface area contributed by atoms with Crippen molar-refractivity contribution in [3.05, 3.63) is 65.1 Å². The molecule has 3 rings (SSSR count). The topological polar surface area (TPSA) is 72.9 Å². The molecule has 1 atom stereocenters. The minimum atomic E-state index is -3.54. The molecular formula is C19H17F2NO5S. The van der Waals surface area contributed by atoms with E-state index in [1.54, 1.807) is 0 Å². The lowest BCUT2D eigenvalue weighted by Gasteiger charge is -2.29. The first-order chi connectivity index (χ1) is 13.3. The molecule has 1 aliphatic rings. The Morgan fingerprint density at radius 1 is 1.11 bits per heavy atom. The molecule has 0 unspecified atom stereocenters. The van der Waals surface area contributed by atoms with Crippen LogP contribution < -0.4 is 14.4 Å². The van der Waals surface area contributed by atoms with Crippen LogP contribution in [0.2, 0.25) is 0 Å². The Balaban J connectivity index is 2.17. The Morgan fingerprint density at radius 3 is 2.32 bits per heavy atom. The molecule has 0 aromatic heterocycles. The van der Waals surface area contributed by atoms with E-state index < -0.39 is 44.7 Å². The van der Waals surface area contributed by atoms with Crippen molar-refractivity contribution in [2.24, 2.45) is 0 Å². The number of halogens is 2. The molecule has 28 heavy (non-hydrogen) atoms. The normalized spacial score (nSPS) is 17.4. The molecule has 2 aromatic rings. The number of rotatable bonds is 5. The van der Waals surface area contributed by atoms with E-state index in [1.165, 1.54) is 38.5 Å². The Bertz CT molecular complexity index is 1030. The minimum Gasteiger partial charge on any atom is -0.497 e. The first-order valence-electron chi connectivity index (χ1n) is 8.18. The number of carbonyl (C=O) groups excluding carboxylic acids is 1. The van der Waals surface area contributed by atoms with Crippen molar-refractivity contribution in [2.75, 3.05) is 24.9 Å². The lowest BCUT2D eigenvalue weighted by molar-refractivity contribution is 0.0974. The van der Waals surface area contributed by atoms with Crippen molar-refractivity contribution in [2.45, 2.75) is 6.04 Å². The van der Waals surface area contributed by atoms with Gasteiger partial charge in [0.15, 0.2) is 9.84 Å². The summed E-state index contributed by atoms with van der Waals surface area (Å²) in [5, 5.41) is 0.978. The van der Waals surface area contributed by atoms with E-state index in [0.29, 0.717) is 5.75 Å². The van der Waals surface area contributed by atoms with Crippen molar-refractivity contribution in [1.82, 2.24) is 0 Å². The predicted molar refractivity (Wildman–Crippen MR) is 99.4 cm³/mol. The van der Waals surface area contributed by atoms with E-state index in [-0.39, 0.29) is 11.4 Å². The maximum atomic E-state index is 14.2. The van der Waals surface area contributed by atoms with Crippen molar-refractivity contribution >= 4 is 21.4 Å². The van der Waals surface area contributed by atoms with Gasteiger partial charge in [-0.05, 0) is 30.3 Å². The molecule has 0 saturated carbocycles. The summed E-state index contributed by atoms with van der Waals surface area (Å²) in [6.07, 6.45) is 1.30. The van der Waals surface area contributed by atoms with Crippen molar-refractivity contribution in [3.63, 3.8) is 0 Å². The van der Waals surface area contributed by atoms with Gasteiger partial charge < -0.3 is 9.47 Å². The summed E-state index contributed by atoms with van der Waals surface area (Å²) in [5.74, 6) is -2.92. The summed E-state index contributed by atoms with van der Waals surface area (Å²) in [4.78, 5) is 14.2. The molecular weight excluding hydrogens is 392 g/mol. The number of hydrogen-bond donors (Lipinski definition) is 0. The van der Waals surface area contributed by atoms with E-state index in [1.807, 2.05) is 0 Å². The number of benzene rings is 2. The summed E-state index contributed by atoms with van der Waals surface area (Å²) >= 11 is 0. The summed E-state index contributed by atoms with van der Waals surface area (Å²) < 4.78 is 62.7. The second-order valence-electron chi connectivity index (χ2n) is 6.04. The first kappa shape index (κ1) is 19.8. The maximum Gasteiger partial charge on any atom is 0.264 e. The number of methoxy groups -OCH3 is 2. The zero-order valence-corrected chi connectivity index (χ0v) is 15.9. The van der Waals surface area contributed by atoms with Crippen LogP contribution in [-0.2, 0) is 9.84 Å². The average molecular weight is 409 g/mol. The number of sulfone groups is 1. The van der Waals surface area contributed by atoms with Gasteiger partial charge in [-0.25, -0.2) is 17.2 Å². The zero-order chi connectivity index (χ0) is 20.5. The standard InChI is InChI=1S/C19H17F2NO5S/c1-26-13-6-7-16(17(10-13)27-2)22(12-8-9-28(24,25)11-12)19(23)18-14(20)4-3-5-15(18)21/h3-10,12H,11H2,1-2H3/t12-/m0/s1. The van der Waals surface area contributed by atoms with Crippen LogP contribution in [0.3, 0.4) is 0 Å². The van der Waals surface area contributed by atoms with Crippen LogP contribution in [0.25, 0.3) is 0 Å². The van der Waals surface area contributed by atoms with Gasteiger partial charge in [0.05, 0.1) is 31.7 Å². The van der Waals surface area contributed by atoms with E-state index in [4.69, 9.17) is 9.47 Å². The number of nitrogens with zero attached hydrogens (tertiary/aromatic N) is 1. The zero-order valence-electron chi connectivity index (χ0n) is 15.1. The molecule has 0 saturated heterocycles. The highest BCUT2D eigenvalue weighted by atomic mass is 32.2. The van der Waals surface area contributed by atoms with Gasteiger partial charge in [-0.2, -0.15) is 0 Å². The number of amides is 1. The van der Waals surface area contributed by atoms with E-state index in [9.17, 15) is 22.0 Å². The molecule has 1 amide bonds. The number of ether oxygens (including phenoxy) is 2. The Kier molecular flexibility index (Phi) is 5.37. The van der Waals surface area contributed by atoms with Gasteiger partial charge in [0.25, 0.3) is 5.91 Å². The van der Waals surface area contributed by atoms with Gasteiger partial charge in [-0.15, -0.1) is 0 Å². The molecule has 0 fully saturated rings. The highest BCUT2D eigenvalue weighted by Gasteiger charge is 2.35. The predicted octanol–water partition coefficient (Wildman–Crippen LogP) is 2.94. The Hall–Kier alpha value is -2.94. The van der Waals surface area contributed by atoms with Crippen LogP contribution in [-0.4, -0.2) is 40.3 Å². The van der Waals surface area contributed by atoms with Gasteiger partial charge >= 0.3 is 0 Å². The van der Waals surface area contributed by atoms with Gasteiger partial charge in [-0.1, -0.05) is 6.07 Å². The Morgan fingerprint density at radius 2 is 1.79 bits per heavy atom. The minimum absolute atomic E-state index is 0.155. The molecule has 148 valence electrons. The number of carbonyl (C=O) groups is 1. The van der Waals surface area contributed by atoms with E-state index in [0.717, 1.165) is 28.5 Å². The Labute approximate surface area is 160 Å². The van der Waals surface area contributed by atoms with Crippen LogP contribution in [0.15, 0.2) is 47.9 Å². The molecule has 0 N–H and O–H groups in total. The third-order valence-corrected chi connectivity index (χ3v) is 5.66. The van der Waals surface area contributed by atoms with Crippen LogP contribution in [0.4, 0.5) is 14.5 Å². The highest BCUT2D eigenvalue weighted by molar-refractivity contribution is 7.94. The molecule has 1 aliphatic heterocycles. The van der Waals surface area contributed by atoms with Gasteiger partial charge in [-0.3, -0.25) is 9.69 Å². The third kappa shape index (κ3) is 3.70. The van der Waals surface area contributed by atoms with E-state index >= 15 is 0 Å². The quantitative estimate of drug-likeness (QED) is 0.759. The molecule has 9 heteroatoms. The van der Waals surface area contributed by atoms with Crippen molar-refractivity contribution in [3.8, 4) is 11.5 Å². The van der Waals surface area contributed by atoms with Crippen molar-refractivity contribution < 1.29 is 31.5 Å². The number of hydrogen-bond acceptors (Lipinski definition) is 5. The fraction of sp³-hybridized carbons (Fsp3) is 0.211. The molecule has 6 nitrogen and oxygen atoms in total. The molecule has 1 heterocycles. The fourth-order valence-corrected chi connectivity index (χ4v) is 4.23. The first-order valence-corrected chi connectivity index (χ1v) is 9.89. The third-order valence-electron chi connectivity index (χ3n) is 4.28. The highest BCUT2D eigenvalue weighted by Crippen LogP contribution is 2.36. The summed E-state index contributed by atoms with van der Waals surface area (Å²) in [6.45, 7) is 0. The lowest BCUT2D eigenvalue weighted by atomic mass is 10.1. The van der Waals surface area contributed by atoms with Crippen LogP contribution >= 0.6 is 0 Å². The number of anilines is 1. The summed E-state index contributed by atoms with van der Waals surface area (Å²) in [7, 11) is -0.748. The SMILES string of the molecule is COc1ccc(N(C(=O)c2c(F)cccc2F)[C@H]2C=CS(=O)(=O)C2)c(OC)c1. The average Bonchev–Trinajstić information content (AvgIpc) is 3.01. The lowest BCUT2D eigenvalue weighted by Crippen LogP contribution is -2.42. The second kappa shape index (κ2) is 7.59. The maximum absolute atomic E-state index is 14.2. The van der Waals surface area contributed by atoms with Crippen molar-refractivity contribution in [1.29, 1.82) is 0 Å². The monoisotopic (exact) mass is 409 g/mol. The summed E-state index contributed by atoms with van der Waals surface area (Å²) in [6, 6.07) is 6.58. The van der Waals surface area contributed by atoms with E-state index in [2.05, 4.69) is 0 Å². The van der Waals surface area contributed by atoms with Gasteiger partial charge in [0, 0.05) is 11.5 Å². The van der Waals surface area contributed by atoms with Gasteiger partial charge in [0.2, 0.25) is 0 Å². The van der Waals surface area contributed by atoms with Crippen LogP contribution in [0.1, 0.15) is 10.4 Å². The summed E-state index contributed by atoms with van der Waals surface area (Å²) in [5.41, 5.74) is -0.624. The smallest absolute Gasteiger partial charge is 0.264 e. The molecule has 0 radical (unpaired) electrons. The molecule has 0 spiro atoms. The van der Waals surface area contributed by atoms with Crippen LogP contribution in [0, 0.1) is 11.6 Å². The molecule has 0 aliphatic carbocycles. The van der Waals surface area contributed by atoms with Gasteiger partial charge in [0.1, 0.15) is 28.7 Å². The van der Waals surface area contributed by atoms with Crippen LogP contribution in [0.5, 0.6) is 11.5 Å². The largest absolute Gasteiger partial charge is 0.497 e. The molecule has 0 bridgehead atoms. The second-order valence-corrected chi connectivity index (χ2v) is 7.97. The molecule has 2 aromatic carbocycles. The fourth-order valence-electron chi connectivity index (χ4n) is 2.97.